The Kier molecular flexibility index (Phi) is 19.7. The molecule has 0 aromatic rings. The van der Waals surface area contributed by atoms with Crippen molar-refractivity contribution in [2.24, 2.45) is 0 Å². The number of nitrogens with zero attached hydrogens (tertiary/aromatic N) is 1. The normalized spacial score (nSPS) is 9.13. The maximum atomic E-state index is 6.25. The average Bonchev–Trinajstić information content (AvgIpc) is 2.31. The molecule has 0 bridgehead atoms. The Morgan fingerprint density at radius 1 is 0.733 bits per heavy atom. The Morgan fingerprint density at radius 2 is 1.00 bits per heavy atom. The molecule has 0 unspecified atom stereocenters. The third-order valence-electron chi connectivity index (χ3n) is 2.65. The van der Waals surface area contributed by atoms with E-state index >= 15 is 0 Å². The molecule has 0 spiro atoms. The Labute approximate surface area is 104 Å². The van der Waals surface area contributed by atoms with E-state index in [2.05, 4.69) is 20.8 Å². The molecular weight excluding hydrogens is 289 g/mol. The zero-order chi connectivity index (χ0) is 11.9. The van der Waals surface area contributed by atoms with Gasteiger partial charge in [-0.05, 0) is 0 Å². The summed E-state index contributed by atoms with van der Waals surface area (Å²) in [4.78, 5) is 0. The van der Waals surface area contributed by atoms with E-state index in [4.69, 9.17) is 11.8 Å². The molecular formula is C13H27NSn. The molecule has 0 aliphatic carbocycles. The minimum atomic E-state index is -0.839. The van der Waals surface area contributed by atoms with Crippen LogP contribution < -0.4 is 0 Å². The van der Waals surface area contributed by atoms with E-state index < -0.39 is 19.8 Å². The van der Waals surface area contributed by atoms with Crippen molar-refractivity contribution < 1.29 is 0 Å². The minimum Gasteiger partial charge on any atom is -0.512 e. The van der Waals surface area contributed by atoms with Crippen molar-refractivity contribution in [2.45, 2.75) is 72.6 Å². The standard InChI is InChI=1S/3C4H9.CN.Sn/c3*1-3-4-2;1-2;/h3*1,3-4H2,2H3;;/q;;;-1;+1. The van der Waals surface area contributed by atoms with Crippen LogP contribution in [0, 0.1) is 11.8 Å². The predicted octanol–water partition coefficient (Wildman–Crippen LogP) is 4.98. The van der Waals surface area contributed by atoms with Crippen LogP contribution in [0.3, 0.4) is 0 Å². The predicted molar refractivity (Wildman–Crippen MR) is 69.9 cm³/mol. The van der Waals surface area contributed by atoms with Gasteiger partial charge in [-0.1, -0.05) is 0 Å². The zero-order valence-corrected chi connectivity index (χ0v) is 13.7. The van der Waals surface area contributed by atoms with Crippen molar-refractivity contribution in [3.05, 3.63) is 6.57 Å². The number of rotatable bonds is 9. The van der Waals surface area contributed by atoms with Gasteiger partial charge in [-0.2, -0.15) is 0 Å². The third kappa shape index (κ3) is 14.3. The largest absolute Gasteiger partial charge is 0.512 e. The van der Waals surface area contributed by atoms with E-state index in [0.717, 1.165) is 0 Å². The van der Waals surface area contributed by atoms with Gasteiger partial charge in [0.2, 0.25) is 0 Å². The van der Waals surface area contributed by atoms with Crippen molar-refractivity contribution in [1.82, 2.24) is 0 Å². The topological polar surface area (TPSA) is 23.8 Å². The van der Waals surface area contributed by atoms with Crippen LogP contribution in [0.5, 0.6) is 0 Å². The summed E-state index contributed by atoms with van der Waals surface area (Å²) in [6, 6.07) is 0. The number of hydrogen-bond donors (Lipinski definition) is 0. The second-order valence-electron chi connectivity index (χ2n) is 4.06. The SMILES string of the molecule is CCC[CH2][Sn+]([CH2]CCC)[CH2]CCC.[C-]#N. The van der Waals surface area contributed by atoms with Crippen LogP contribution in [-0.4, -0.2) is 19.8 Å². The molecule has 0 rings (SSSR count). The molecule has 1 nitrogen and oxygen atoms in total. The van der Waals surface area contributed by atoms with Gasteiger partial charge in [-0.3, -0.25) is 0 Å². The minimum absolute atomic E-state index is 0.839. The molecule has 2 heteroatoms. The summed E-state index contributed by atoms with van der Waals surface area (Å²) in [5.74, 6) is 0. The van der Waals surface area contributed by atoms with Crippen LogP contribution >= 0.6 is 0 Å². The molecule has 0 N–H and O–H groups in total. The Hall–Kier alpha value is 0.289. The van der Waals surface area contributed by atoms with E-state index in [9.17, 15) is 0 Å². The van der Waals surface area contributed by atoms with E-state index in [0.29, 0.717) is 0 Å². The summed E-state index contributed by atoms with van der Waals surface area (Å²) < 4.78 is 5.04. The quantitative estimate of drug-likeness (QED) is 0.435. The average molecular weight is 316 g/mol. The second-order valence-corrected chi connectivity index (χ2v) is 12.6. The van der Waals surface area contributed by atoms with Gasteiger partial charge in [0.1, 0.15) is 0 Å². The van der Waals surface area contributed by atoms with Gasteiger partial charge in [-0.25, -0.2) is 0 Å². The first kappa shape index (κ1) is 17.7. The van der Waals surface area contributed by atoms with E-state index in [1.54, 1.807) is 13.3 Å². The van der Waals surface area contributed by atoms with Crippen LogP contribution in [0.4, 0.5) is 0 Å². The van der Waals surface area contributed by atoms with Gasteiger partial charge in [-0.15, -0.1) is 0 Å². The summed E-state index contributed by atoms with van der Waals surface area (Å²) in [5.41, 5.74) is 0. The molecule has 0 saturated carbocycles. The fourth-order valence-corrected chi connectivity index (χ4v) is 11.1. The van der Waals surface area contributed by atoms with Crippen molar-refractivity contribution in [3.8, 4) is 0 Å². The van der Waals surface area contributed by atoms with Crippen molar-refractivity contribution in [2.75, 3.05) is 0 Å². The maximum Gasteiger partial charge on any atom is -0.488 e. The van der Waals surface area contributed by atoms with E-state index in [-0.39, 0.29) is 0 Å². The molecule has 0 saturated heterocycles. The fraction of sp³-hybridized carbons (Fsp3) is 0.923. The molecule has 15 heavy (non-hydrogen) atoms. The van der Waals surface area contributed by atoms with Crippen LogP contribution in [0.15, 0.2) is 0 Å². The molecule has 0 aromatic heterocycles. The Balaban J connectivity index is 0. The van der Waals surface area contributed by atoms with Gasteiger partial charge in [0, 0.05) is 0 Å². The summed E-state index contributed by atoms with van der Waals surface area (Å²) in [6.45, 7) is 11.8. The molecule has 0 atom stereocenters. The van der Waals surface area contributed by atoms with Gasteiger partial charge in [0.05, 0.1) is 0 Å². The summed E-state index contributed by atoms with van der Waals surface area (Å²) in [6.07, 6.45) is 8.85. The molecule has 0 aromatic carbocycles. The van der Waals surface area contributed by atoms with Gasteiger partial charge in [0.25, 0.3) is 0 Å². The first-order chi connectivity index (χ1) is 7.35. The zero-order valence-electron chi connectivity index (χ0n) is 10.8. The first-order valence-corrected chi connectivity index (χ1v) is 12.5. The molecule has 0 aliphatic heterocycles. The smallest absolute Gasteiger partial charge is 0.488 e. The Bertz CT molecular complexity index is 104. The van der Waals surface area contributed by atoms with E-state index in [1.807, 2.05) is 0 Å². The first-order valence-electron chi connectivity index (χ1n) is 6.41. The van der Waals surface area contributed by atoms with Gasteiger partial charge < -0.3 is 11.8 Å². The van der Waals surface area contributed by atoms with E-state index in [1.165, 1.54) is 38.5 Å². The third-order valence-corrected chi connectivity index (χ3v) is 11.7. The fourth-order valence-electron chi connectivity index (χ4n) is 1.66. The second kappa shape index (κ2) is 16.7. The van der Waals surface area contributed by atoms with Crippen molar-refractivity contribution in [3.63, 3.8) is 0 Å². The van der Waals surface area contributed by atoms with Crippen molar-refractivity contribution >= 4 is 19.8 Å². The Morgan fingerprint density at radius 3 is 1.20 bits per heavy atom. The maximum absolute atomic E-state index is 6.25. The van der Waals surface area contributed by atoms with Crippen molar-refractivity contribution in [1.29, 1.82) is 5.26 Å². The molecule has 0 fully saturated rings. The summed E-state index contributed by atoms with van der Waals surface area (Å²) >= 11 is -0.839. The van der Waals surface area contributed by atoms with Gasteiger partial charge >= 0.3 is 92.4 Å². The van der Waals surface area contributed by atoms with Crippen LogP contribution in [0.1, 0.15) is 59.3 Å². The molecule has 0 radical (unpaired) electrons. The summed E-state index contributed by atoms with van der Waals surface area (Å²) in [5, 5.41) is 6.25. The molecule has 0 aliphatic rings. The monoisotopic (exact) mass is 317 g/mol. The van der Waals surface area contributed by atoms with Crippen LogP contribution in [-0.2, 0) is 0 Å². The molecule has 0 heterocycles. The van der Waals surface area contributed by atoms with Crippen LogP contribution in [0.25, 0.3) is 0 Å². The van der Waals surface area contributed by atoms with Crippen LogP contribution in [0.2, 0.25) is 13.3 Å². The number of hydrogen-bond acceptors (Lipinski definition) is 1. The van der Waals surface area contributed by atoms with Gasteiger partial charge in [0.15, 0.2) is 0 Å². The summed E-state index contributed by atoms with van der Waals surface area (Å²) in [7, 11) is 0. The molecule has 0 amide bonds. The number of unbranched alkanes of at least 4 members (excludes halogenated alkanes) is 3. The molecule has 88 valence electrons.